The monoisotopic (exact) mass is 396 g/mol. The summed E-state index contributed by atoms with van der Waals surface area (Å²) < 4.78 is 26.2. The number of hydrogen-bond donors (Lipinski definition) is 2. The number of carbonyl (C=O) groups is 1. The quantitative estimate of drug-likeness (QED) is 0.709. The number of benzene rings is 1. The van der Waals surface area contributed by atoms with Crippen LogP contribution in [0.25, 0.3) is 0 Å². The number of quaternary nitrogens is 1. The van der Waals surface area contributed by atoms with Crippen molar-refractivity contribution >= 4 is 33.0 Å². The van der Waals surface area contributed by atoms with E-state index in [2.05, 4.69) is 11.4 Å². The summed E-state index contributed by atoms with van der Waals surface area (Å²) >= 11 is 1.68. The van der Waals surface area contributed by atoms with E-state index in [-0.39, 0.29) is 16.8 Å². The Labute approximate surface area is 159 Å². The number of sulfonamides is 1. The molecule has 8 heteroatoms. The Bertz CT molecular complexity index is 816. The van der Waals surface area contributed by atoms with Crippen LogP contribution in [0.1, 0.15) is 18.7 Å². The van der Waals surface area contributed by atoms with E-state index in [1.54, 1.807) is 30.5 Å². The normalized spacial score (nSPS) is 13.2. The van der Waals surface area contributed by atoms with Crippen molar-refractivity contribution in [1.82, 2.24) is 4.31 Å². The predicted octanol–water partition coefficient (Wildman–Crippen LogP) is 1.43. The molecule has 6 nitrogen and oxygen atoms in total. The summed E-state index contributed by atoms with van der Waals surface area (Å²) in [6.45, 7) is 4.78. The highest BCUT2D eigenvalue weighted by molar-refractivity contribution is 7.89. The second-order valence-corrected chi connectivity index (χ2v) is 9.61. The molecule has 26 heavy (non-hydrogen) atoms. The van der Waals surface area contributed by atoms with Crippen molar-refractivity contribution in [2.75, 3.05) is 26.0 Å². The van der Waals surface area contributed by atoms with Crippen LogP contribution >= 0.6 is 11.3 Å². The zero-order chi connectivity index (χ0) is 19.3. The first kappa shape index (κ1) is 20.6. The number of thiophene rings is 1. The topological polar surface area (TPSA) is 70.9 Å². The molecule has 0 aliphatic rings. The van der Waals surface area contributed by atoms with Gasteiger partial charge in [0.05, 0.1) is 16.8 Å². The molecule has 0 aliphatic carbocycles. The van der Waals surface area contributed by atoms with Crippen LogP contribution in [-0.4, -0.2) is 45.3 Å². The summed E-state index contributed by atoms with van der Waals surface area (Å²) in [6.07, 6.45) is 0. The molecule has 0 bridgehead atoms. The standard InChI is InChI=1S/C18H25N3O3S2/c1-14(2)21(4)26(23,24)17-9-7-15(8-10-17)19-18(22)13-20(3)12-16-6-5-11-25-16/h5-11,14H,12-13H2,1-4H3,(H,19,22)/p+1. The van der Waals surface area contributed by atoms with Gasteiger partial charge in [-0.1, -0.05) is 6.07 Å². The fourth-order valence-electron chi connectivity index (χ4n) is 2.41. The van der Waals surface area contributed by atoms with Crippen LogP contribution in [0.3, 0.4) is 0 Å². The molecule has 1 atom stereocenters. The lowest BCUT2D eigenvalue weighted by molar-refractivity contribution is -0.884. The molecule has 1 heterocycles. The molecule has 0 saturated heterocycles. The van der Waals surface area contributed by atoms with Crippen LogP contribution in [-0.2, 0) is 21.4 Å². The first-order valence-electron chi connectivity index (χ1n) is 8.42. The van der Waals surface area contributed by atoms with Crippen molar-refractivity contribution in [3.05, 3.63) is 46.7 Å². The highest BCUT2D eigenvalue weighted by Gasteiger charge is 2.23. The minimum atomic E-state index is -3.51. The maximum atomic E-state index is 12.4. The van der Waals surface area contributed by atoms with Gasteiger partial charge in [-0.05, 0) is 49.6 Å². The molecule has 2 aromatic rings. The van der Waals surface area contributed by atoms with Crippen LogP contribution in [0.2, 0.25) is 0 Å². The van der Waals surface area contributed by atoms with E-state index in [4.69, 9.17) is 0 Å². The largest absolute Gasteiger partial charge is 0.325 e. The molecule has 1 aromatic carbocycles. The maximum Gasteiger partial charge on any atom is 0.279 e. The van der Waals surface area contributed by atoms with E-state index in [1.165, 1.54) is 21.3 Å². The third kappa shape index (κ3) is 5.38. The van der Waals surface area contributed by atoms with Gasteiger partial charge in [0.25, 0.3) is 5.91 Å². The molecule has 0 fully saturated rings. The second kappa shape index (κ2) is 8.77. The maximum absolute atomic E-state index is 12.4. The Morgan fingerprint density at radius 3 is 2.42 bits per heavy atom. The van der Waals surface area contributed by atoms with Gasteiger partial charge in [0.15, 0.2) is 6.54 Å². The van der Waals surface area contributed by atoms with Crippen LogP contribution in [0.15, 0.2) is 46.7 Å². The highest BCUT2D eigenvalue weighted by atomic mass is 32.2. The number of carbonyl (C=O) groups excluding carboxylic acids is 1. The zero-order valence-corrected chi connectivity index (χ0v) is 17.2. The van der Waals surface area contributed by atoms with Gasteiger partial charge in [-0.25, -0.2) is 8.42 Å². The van der Waals surface area contributed by atoms with Gasteiger partial charge in [0, 0.05) is 18.8 Å². The molecule has 1 unspecified atom stereocenters. The van der Waals surface area contributed by atoms with Crippen LogP contribution in [0, 0.1) is 0 Å². The van der Waals surface area contributed by atoms with Gasteiger partial charge in [-0.3, -0.25) is 4.79 Å². The summed E-state index contributed by atoms with van der Waals surface area (Å²) in [5, 5.41) is 4.84. The molecule has 2 N–H and O–H groups in total. The number of likely N-dealkylation sites (N-methyl/N-ethyl adjacent to an activating group) is 1. The van der Waals surface area contributed by atoms with Crippen LogP contribution < -0.4 is 10.2 Å². The Hall–Kier alpha value is -1.74. The lowest BCUT2D eigenvalue weighted by Crippen LogP contribution is -3.08. The van der Waals surface area contributed by atoms with Gasteiger partial charge in [0.1, 0.15) is 6.54 Å². The highest BCUT2D eigenvalue weighted by Crippen LogP contribution is 2.18. The SMILES string of the molecule is CC(C)N(C)S(=O)(=O)c1ccc(NC(=O)C[NH+](C)Cc2cccs2)cc1. The van der Waals surface area contributed by atoms with Gasteiger partial charge in [-0.2, -0.15) is 4.31 Å². The van der Waals surface area contributed by atoms with E-state index in [1.807, 2.05) is 32.3 Å². The molecule has 0 saturated carbocycles. The Morgan fingerprint density at radius 1 is 1.23 bits per heavy atom. The van der Waals surface area contributed by atoms with Crippen molar-refractivity contribution in [3.8, 4) is 0 Å². The van der Waals surface area contributed by atoms with E-state index in [9.17, 15) is 13.2 Å². The third-order valence-electron chi connectivity index (χ3n) is 4.06. The minimum Gasteiger partial charge on any atom is -0.325 e. The van der Waals surface area contributed by atoms with Crippen LogP contribution in [0.5, 0.6) is 0 Å². The van der Waals surface area contributed by atoms with Gasteiger partial charge in [0.2, 0.25) is 10.0 Å². The number of hydrogen-bond acceptors (Lipinski definition) is 4. The minimum absolute atomic E-state index is 0.103. The zero-order valence-electron chi connectivity index (χ0n) is 15.5. The van der Waals surface area contributed by atoms with Crippen molar-refractivity contribution < 1.29 is 18.1 Å². The Balaban J connectivity index is 1.95. The van der Waals surface area contributed by atoms with Gasteiger partial charge in [-0.15, -0.1) is 11.3 Å². The summed E-state index contributed by atoms with van der Waals surface area (Å²) in [5.41, 5.74) is 0.588. The lowest BCUT2D eigenvalue weighted by Gasteiger charge is -2.21. The Kier molecular flexibility index (Phi) is 6.94. The molecular formula is C18H26N3O3S2+. The molecule has 2 rings (SSSR count). The molecule has 0 radical (unpaired) electrons. The van der Waals surface area contributed by atoms with Gasteiger partial charge < -0.3 is 10.2 Å². The van der Waals surface area contributed by atoms with E-state index >= 15 is 0 Å². The average Bonchev–Trinajstić information content (AvgIpc) is 3.07. The van der Waals surface area contributed by atoms with E-state index in [0.29, 0.717) is 12.2 Å². The van der Waals surface area contributed by atoms with Crippen molar-refractivity contribution in [1.29, 1.82) is 0 Å². The Morgan fingerprint density at radius 2 is 1.88 bits per heavy atom. The second-order valence-electron chi connectivity index (χ2n) is 6.58. The average molecular weight is 397 g/mol. The number of nitrogens with one attached hydrogen (secondary N) is 2. The third-order valence-corrected chi connectivity index (χ3v) is 6.98. The van der Waals surface area contributed by atoms with Crippen molar-refractivity contribution in [2.24, 2.45) is 0 Å². The summed E-state index contributed by atoms with van der Waals surface area (Å²) in [5.74, 6) is -0.103. The molecule has 1 amide bonds. The molecule has 0 aliphatic heterocycles. The smallest absolute Gasteiger partial charge is 0.279 e. The first-order valence-corrected chi connectivity index (χ1v) is 10.7. The summed E-state index contributed by atoms with van der Waals surface area (Å²) in [6, 6.07) is 10.2. The fraction of sp³-hybridized carbons (Fsp3) is 0.389. The molecular weight excluding hydrogens is 370 g/mol. The van der Waals surface area contributed by atoms with E-state index in [0.717, 1.165) is 11.4 Å². The first-order chi connectivity index (χ1) is 12.2. The summed E-state index contributed by atoms with van der Waals surface area (Å²) in [7, 11) is 0.0125. The lowest BCUT2D eigenvalue weighted by atomic mass is 10.3. The van der Waals surface area contributed by atoms with Gasteiger partial charge >= 0.3 is 0 Å². The number of rotatable bonds is 8. The fourth-order valence-corrected chi connectivity index (χ4v) is 4.59. The predicted molar refractivity (Wildman–Crippen MR) is 105 cm³/mol. The number of amides is 1. The molecule has 1 aromatic heterocycles. The molecule has 0 spiro atoms. The van der Waals surface area contributed by atoms with Crippen molar-refractivity contribution in [2.45, 2.75) is 31.3 Å². The molecule has 142 valence electrons. The number of nitrogens with zero attached hydrogens (tertiary/aromatic N) is 1. The number of anilines is 1. The van der Waals surface area contributed by atoms with Crippen molar-refractivity contribution in [3.63, 3.8) is 0 Å². The van der Waals surface area contributed by atoms with E-state index < -0.39 is 10.0 Å². The van der Waals surface area contributed by atoms with Crippen LogP contribution in [0.4, 0.5) is 5.69 Å². The summed E-state index contributed by atoms with van der Waals surface area (Å²) in [4.78, 5) is 14.7.